The molecule has 3 aliphatic rings. The first-order chi connectivity index (χ1) is 35.7. The Morgan fingerprint density at radius 1 is 0.792 bits per heavy atom. The van der Waals surface area contributed by atoms with Gasteiger partial charge in [0, 0.05) is 58.4 Å². The summed E-state index contributed by atoms with van der Waals surface area (Å²) < 4.78 is 99.4. The van der Waals surface area contributed by atoms with Crippen molar-refractivity contribution in [1.82, 2.24) is 16.0 Å². The van der Waals surface area contributed by atoms with Crippen LogP contribution in [0.25, 0.3) is 5.57 Å². The molecule has 0 aromatic heterocycles. The highest BCUT2D eigenvalue weighted by Gasteiger charge is 2.43. The van der Waals surface area contributed by atoms with Gasteiger partial charge in [-0.25, -0.2) is 9.59 Å². The molecule has 3 heterocycles. The number of alkyl carbamates (subject to hydrolysis) is 1. The van der Waals surface area contributed by atoms with Gasteiger partial charge in [-0.3, -0.25) is 23.7 Å². The Labute approximate surface area is 467 Å². The molecule has 0 bridgehead atoms. The van der Waals surface area contributed by atoms with Crippen molar-refractivity contribution < 1.29 is 69.2 Å². The minimum Gasteiger partial charge on any atom is -0.478 e. The predicted molar refractivity (Wildman–Crippen MR) is 292 cm³/mol. The molecular weight excluding hydrogens is 1130 g/mol. The summed E-state index contributed by atoms with van der Waals surface area (Å²) in [7, 11) is -10.6. The van der Waals surface area contributed by atoms with E-state index >= 15 is 0 Å². The van der Waals surface area contributed by atoms with E-state index in [2.05, 4.69) is 21.3 Å². The van der Waals surface area contributed by atoms with Crippen molar-refractivity contribution in [3.8, 4) is 11.5 Å². The van der Waals surface area contributed by atoms with E-state index in [1.807, 2.05) is 27.7 Å². The molecule has 6 rings (SSSR count). The number of ether oxygens (including phenoxy) is 4. The van der Waals surface area contributed by atoms with Crippen LogP contribution in [0.1, 0.15) is 145 Å². The van der Waals surface area contributed by atoms with Gasteiger partial charge in [0.2, 0.25) is 11.8 Å². The Morgan fingerprint density at radius 3 is 2.01 bits per heavy atom. The third-order valence-corrected chi connectivity index (χ3v) is 17.0. The molecule has 0 saturated heterocycles. The van der Waals surface area contributed by atoms with E-state index in [1.165, 1.54) is 6.07 Å². The number of unbranched alkanes of at least 4 members (excludes halogenated alkanes) is 2. The number of rotatable bonds is 22. The number of carbonyl (C=O) groups is 4. The molecule has 3 aromatic rings. The number of carbonyl (C=O) groups excluding carboxylic acids is 3. The second-order valence-corrected chi connectivity index (χ2v) is 26.3. The van der Waals surface area contributed by atoms with E-state index in [0.717, 1.165) is 11.8 Å². The number of halogens is 3. The quantitative estimate of drug-likeness (QED) is 0.0169. The van der Waals surface area contributed by atoms with E-state index in [-0.39, 0.29) is 98.2 Å². The van der Waals surface area contributed by atoms with Crippen LogP contribution in [0.3, 0.4) is 0 Å². The van der Waals surface area contributed by atoms with Crippen LogP contribution in [-0.4, -0.2) is 123 Å². The molecule has 2 atom stereocenters. The third kappa shape index (κ3) is 15.1. The van der Waals surface area contributed by atoms with Gasteiger partial charge in [0.15, 0.2) is 21.3 Å². The molecule has 3 amide bonds. The maximum absolute atomic E-state index is 13.7. The van der Waals surface area contributed by atoms with Crippen molar-refractivity contribution in [2.45, 2.75) is 144 Å². The number of nitrogens with one attached hydrogen (secondary N) is 4. The van der Waals surface area contributed by atoms with Gasteiger partial charge in [0.25, 0.3) is 20.2 Å². The highest BCUT2D eigenvalue weighted by molar-refractivity contribution is 8.00. The lowest BCUT2D eigenvalue weighted by molar-refractivity contribution is -0.121. The standard InChI is InChI=1S/C51H66Cl3N5O15S3/c1-26-23-50(6,7)58-40-28(26)21-30-34(31-22-29-27(2)24-51(8,9)59-41(29)46(77(68,69)70)43(31)73-42(30)45(40)76(65,66)67)35-36(47(62)63)37(52)39(54)44(38(35)53)75-25-33(61)55-14-12-10-11-13-32(60)56-15-17-71-19-20-72-18-16-57-48(64)74-49(3,4)5/h21-22,26-27,58H,10-20,23-25H2,1-9H3,(H,55,61)(H,56,60)(H,57,64)(H,62,63)(H,65,66,67)(H,68,69,70). The highest BCUT2D eigenvalue weighted by atomic mass is 35.5. The summed E-state index contributed by atoms with van der Waals surface area (Å²) in [5, 5.41) is 20.8. The number of hydrogen-bond donors (Lipinski definition) is 7. The molecule has 0 fully saturated rings. The summed E-state index contributed by atoms with van der Waals surface area (Å²) in [5.41, 5.74) is -2.84. The molecule has 3 aliphatic heterocycles. The Balaban J connectivity index is 1.22. The Kier molecular flexibility index (Phi) is 19.7. The minimum absolute atomic E-state index is 0.0450. The largest absolute Gasteiger partial charge is 0.478 e. The summed E-state index contributed by atoms with van der Waals surface area (Å²) in [6, 6.07) is 3.09. The van der Waals surface area contributed by atoms with Crippen molar-refractivity contribution >= 4 is 102 Å². The number of thioether (sulfide) groups is 1. The van der Waals surface area contributed by atoms with Crippen LogP contribution in [0.2, 0.25) is 15.1 Å². The third-order valence-electron chi connectivity index (χ3n) is 12.7. The molecule has 0 aliphatic carbocycles. The maximum Gasteiger partial charge on any atom is 0.407 e. The van der Waals surface area contributed by atoms with E-state index in [0.29, 0.717) is 63.0 Å². The fraction of sp³-hybridized carbons (Fsp3) is 0.549. The predicted octanol–water partition coefficient (Wildman–Crippen LogP) is 8.24. The van der Waals surface area contributed by atoms with Gasteiger partial charge in [0.1, 0.15) is 5.60 Å². The molecule has 7 N–H and O–H groups in total. The number of carboxylic acids is 1. The van der Waals surface area contributed by atoms with Gasteiger partial charge in [0.05, 0.1) is 69.4 Å². The van der Waals surface area contributed by atoms with Crippen molar-refractivity contribution in [3.63, 3.8) is 0 Å². The number of carboxylic acid groups (broad SMARTS) is 1. The SMILES string of the molecule is CC1CC(C)(C)Nc2c1cc1c(c2S(=O)(=O)O)Oc2c(S(=O)(=O)O)c3c(cc2=C1c1c(Cl)c(SCC(=O)NCCCCCC(=O)NCCOCCOCCNC(=O)OC(C)(C)C)c(Cl)c(Cl)c1C(=O)O)C(C)CC(C)(C)N=3. The summed E-state index contributed by atoms with van der Waals surface area (Å²) in [6.07, 6.45) is 2.30. The van der Waals surface area contributed by atoms with Gasteiger partial charge in [-0.1, -0.05) is 55.1 Å². The normalized spacial score (nSPS) is 17.3. The van der Waals surface area contributed by atoms with Crippen molar-refractivity contribution in [1.29, 1.82) is 0 Å². The van der Waals surface area contributed by atoms with Crippen molar-refractivity contribution in [3.05, 3.63) is 65.6 Å². The molecule has 0 saturated carbocycles. The molecule has 20 nitrogen and oxygen atoms in total. The molecule has 2 unspecified atom stereocenters. The molecular formula is C51H66Cl3N5O15S3. The second-order valence-electron chi connectivity index (χ2n) is 21.4. The van der Waals surface area contributed by atoms with E-state index in [1.54, 1.807) is 40.7 Å². The Bertz CT molecular complexity index is 3200. The van der Waals surface area contributed by atoms with Gasteiger partial charge in [-0.05, 0) is 109 Å². The van der Waals surface area contributed by atoms with Gasteiger partial charge in [-0.15, -0.1) is 11.8 Å². The fourth-order valence-electron chi connectivity index (χ4n) is 9.78. The van der Waals surface area contributed by atoms with Gasteiger partial charge < -0.3 is 45.3 Å². The lowest BCUT2D eigenvalue weighted by Crippen LogP contribution is -2.39. The molecule has 26 heteroatoms. The van der Waals surface area contributed by atoms with Crippen LogP contribution in [0.15, 0.2) is 31.8 Å². The summed E-state index contributed by atoms with van der Waals surface area (Å²) in [5.74, 6) is -4.60. The number of nitrogens with zero attached hydrogens (tertiary/aromatic N) is 1. The number of fused-ring (bicyclic) bond motifs is 4. The lowest BCUT2D eigenvalue weighted by atomic mass is 9.79. The number of hydrogen-bond acceptors (Lipinski definition) is 15. The van der Waals surface area contributed by atoms with Gasteiger partial charge >= 0.3 is 12.1 Å². The molecule has 0 spiro atoms. The van der Waals surface area contributed by atoms with Crippen LogP contribution in [-0.2, 0) is 44.0 Å². The van der Waals surface area contributed by atoms with Gasteiger partial charge in [-0.2, -0.15) is 16.8 Å². The zero-order valence-electron chi connectivity index (χ0n) is 44.3. The van der Waals surface area contributed by atoms with E-state index in [9.17, 15) is 50.2 Å². The van der Waals surface area contributed by atoms with Crippen LogP contribution < -0.4 is 36.6 Å². The maximum atomic E-state index is 13.7. The molecule has 77 heavy (non-hydrogen) atoms. The van der Waals surface area contributed by atoms with E-state index < -0.39 is 92.7 Å². The zero-order valence-corrected chi connectivity index (χ0v) is 49.0. The average Bonchev–Trinajstić information content (AvgIpc) is 3.29. The number of aromatic carboxylic acids is 1. The summed E-state index contributed by atoms with van der Waals surface area (Å²) in [4.78, 5) is 53.9. The fourth-order valence-corrected chi connectivity index (χ4v) is 13.4. The zero-order chi connectivity index (χ0) is 57.2. The first-order valence-corrected chi connectivity index (χ1v) is 29.9. The van der Waals surface area contributed by atoms with Crippen LogP contribution in [0.5, 0.6) is 11.5 Å². The first-order valence-electron chi connectivity index (χ1n) is 24.9. The number of benzene rings is 3. The topological polar surface area (TPSA) is 295 Å². The van der Waals surface area contributed by atoms with Crippen molar-refractivity contribution in [2.75, 3.05) is 57.1 Å². The Hall–Kier alpha value is -4.43. The van der Waals surface area contributed by atoms with Crippen LogP contribution >= 0.6 is 46.6 Å². The summed E-state index contributed by atoms with van der Waals surface area (Å²) >= 11 is 21.8. The highest BCUT2D eigenvalue weighted by Crippen LogP contribution is 2.54. The number of anilines is 1. The molecule has 424 valence electrons. The van der Waals surface area contributed by atoms with Crippen molar-refractivity contribution in [2.24, 2.45) is 4.99 Å². The smallest absolute Gasteiger partial charge is 0.407 e. The first kappa shape index (κ1) is 61.8. The monoisotopic (exact) mass is 1190 g/mol. The molecule has 0 radical (unpaired) electrons. The summed E-state index contributed by atoms with van der Waals surface area (Å²) in [6.45, 7) is 18.2. The number of amides is 3. The van der Waals surface area contributed by atoms with Crippen LogP contribution in [0.4, 0.5) is 10.5 Å². The van der Waals surface area contributed by atoms with E-state index in [4.69, 9.17) is 58.7 Å². The molecule has 3 aromatic carbocycles. The Morgan fingerprint density at radius 2 is 1.40 bits per heavy atom. The average molecular weight is 1190 g/mol. The minimum atomic E-state index is -5.31. The van der Waals surface area contributed by atoms with Crippen LogP contribution in [0, 0.1) is 0 Å². The lowest BCUT2D eigenvalue weighted by Gasteiger charge is -2.40. The second kappa shape index (κ2) is 24.5.